The fourth-order valence-electron chi connectivity index (χ4n) is 3.21. The van der Waals surface area contributed by atoms with E-state index < -0.39 is 5.60 Å². The van der Waals surface area contributed by atoms with E-state index in [1.54, 1.807) is 0 Å². The van der Waals surface area contributed by atoms with Gasteiger partial charge in [0.05, 0.1) is 0 Å². The highest BCUT2D eigenvalue weighted by Crippen LogP contribution is 2.25. The first-order valence-corrected chi connectivity index (χ1v) is 8.55. The Morgan fingerprint density at radius 3 is 2.48 bits per heavy atom. The van der Waals surface area contributed by atoms with Crippen molar-refractivity contribution < 1.29 is 9.53 Å². The van der Waals surface area contributed by atoms with Crippen molar-refractivity contribution in [2.75, 3.05) is 0 Å². The number of amides is 1. The number of piperidine rings is 1. The summed E-state index contributed by atoms with van der Waals surface area (Å²) in [4.78, 5) is 14.5. The zero-order valence-electron chi connectivity index (χ0n) is 15.0. The zero-order valence-corrected chi connectivity index (χ0v) is 15.0. The number of hydrogen-bond acceptors (Lipinski definition) is 3. The second-order valence-electron chi connectivity index (χ2n) is 7.58. The maximum atomic E-state index is 12.1. The predicted molar refractivity (Wildman–Crippen MR) is 93.3 cm³/mol. The van der Waals surface area contributed by atoms with Crippen molar-refractivity contribution >= 4 is 6.09 Å². The summed E-state index contributed by atoms with van der Waals surface area (Å²) in [5, 5.41) is 3.06. The third kappa shape index (κ3) is 5.24. The van der Waals surface area contributed by atoms with Gasteiger partial charge in [-0.15, -0.1) is 0 Å². The minimum Gasteiger partial charge on any atom is -0.444 e. The van der Waals surface area contributed by atoms with Gasteiger partial charge in [-0.05, 0) is 53.0 Å². The van der Waals surface area contributed by atoms with Crippen LogP contribution in [-0.4, -0.2) is 34.7 Å². The highest BCUT2D eigenvalue weighted by atomic mass is 16.6. The minimum atomic E-state index is -0.459. The number of carbonyl (C=O) groups is 1. The standard InChI is InChI=1S/C19H30N2O2/c1-14-11-12-17(20-18(22)23-19(3,4)5)15(2)21(14)13-16-9-7-6-8-10-16/h6-10,14-15,17H,11-13H2,1-5H3,(H,20,22)/t14-,15-,17-/m1/s1. The van der Waals surface area contributed by atoms with E-state index in [0.717, 1.165) is 19.4 Å². The Morgan fingerprint density at radius 1 is 1.22 bits per heavy atom. The number of ether oxygens (including phenoxy) is 1. The zero-order chi connectivity index (χ0) is 17.0. The van der Waals surface area contributed by atoms with Crippen LogP contribution in [0.25, 0.3) is 0 Å². The van der Waals surface area contributed by atoms with E-state index in [1.807, 2.05) is 26.8 Å². The molecule has 1 aliphatic rings. The number of carbonyl (C=O) groups excluding carboxylic acids is 1. The number of nitrogens with zero attached hydrogens (tertiary/aromatic N) is 1. The molecular weight excluding hydrogens is 288 g/mol. The Morgan fingerprint density at radius 2 is 1.87 bits per heavy atom. The van der Waals surface area contributed by atoms with Gasteiger partial charge in [0, 0.05) is 24.7 Å². The molecule has 1 amide bonds. The Balaban J connectivity index is 1.99. The summed E-state index contributed by atoms with van der Waals surface area (Å²) in [5.74, 6) is 0. The van der Waals surface area contributed by atoms with Crippen molar-refractivity contribution in [1.82, 2.24) is 10.2 Å². The molecule has 1 aromatic rings. The van der Waals surface area contributed by atoms with Gasteiger partial charge in [0.2, 0.25) is 0 Å². The average Bonchev–Trinajstić information content (AvgIpc) is 2.46. The van der Waals surface area contributed by atoms with Crippen LogP contribution in [0.1, 0.15) is 53.0 Å². The second kappa shape index (κ2) is 7.35. The first kappa shape index (κ1) is 17.8. The quantitative estimate of drug-likeness (QED) is 0.917. The largest absolute Gasteiger partial charge is 0.444 e. The Kier molecular flexibility index (Phi) is 5.69. The first-order valence-electron chi connectivity index (χ1n) is 8.55. The lowest BCUT2D eigenvalue weighted by molar-refractivity contribution is 0.0328. The number of hydrogen-bond donors (Lipinski definition) is 1. The second-order valence-corrected chi connectivity index (χ2v) is 7.58. The molecule has 1 aliphatic heterocycles. The van der Waals surface area contributed by atoms with Gasteiger partial charge >= 0.3 is 6.09 Å². The molecule has 128 valence electrons. The van der Waals surface area contributed by atoms with Crippen molar-refractivity contribution in [1.29, 1.82) is 0 Å². The monoisotopic (exact) mass is 318 g/mol. The van der Waals surface area contributed by atoms with Gasteiger partial charge in [0.25, 0.3) is 0 Å². The summed E-state index contributed by atoms with van der Waals surface area (Å²) in [6.07, 6.45) is 1.76. The SMILES string of the molecule is C[C@@H]1CC[C@@H](NC(=O)OC(C)(C)C)[C@@H](C)N1Cc1ccccc1. The van der Waals surface area contributed by atoms with Gasteiger partial charge < -0.3 is 10.1 Å². The van der Waals surface area contributed by atoms with Crippen LogP contribution in [0.15, 0.2) is 30.3 Å². The molecule has 1 N–H and O–H groups in total. The maximum Gasteiger partial charge on any atom is 0.407 e. The molecule has 1 heterocycles. The van der Waals surface area contributed by atoms with Crippen LogP contribution in [0.5, 0.6) is 0 Å². The smallest absolute Gasteiger partial charge is 0.407 e. The molecule has 0 unspecified atom stereocenters. The van der Waals surface area contributed by atoms with Crippen molar-refractivity contribution in [2.24, 2.45) is 0 Å². The Hall–Kier alpha value is -1.55. The van der Waals surface area contributed by atoms with Crippen LogP contribution in [0, 0.1) is 0 Å². The number of nitrogens with one attached hydrogen (secondary N) is 1. The lowest BCUT2D eigenvalue weighted by Gasteiger charge is -2.44. The van der Waals surface area contributed by atoms with Gasteiger partial charge in [0.1, 0.15) is 5.60 Å². The van der Waals surface area contributed by atoms with Gasteiger partial charge in [0.15, 0.2) is 0 Å². The summed E-state index contributed by atoms with van der Waals surface area (Å²) in [6, 6.07) is 11.4. The van der Waals surface area contributed by atoms with E-state index in [4.69, 9.17) is 4.74 Å². The number of alkyl carbamates (subject to hydrolysis) is 1. The summed E-state index contributed by atoms with van der Waals surface area (Å²) in [7, 11) is 0. The number of likely N-dealkylation sites (tertiary alicyclic amines) is 1. The highest BCUT2D eigenvalue weighted by molar-refractivity contribution is 5.68. The molecular formula is C19H30N2O2. The van der Waals surface area contributed by atoms with E-state index in [9.17, 15) is 4.79 Å². The van der Waals surface area contributed by atoms with E-state index in [2.05, 4.69) is 48.3 Å². The third-order valence-electron chi connectivity index (χ3n) is 4.48. The van der Waals surface area contributed by atoms with Crippen molar-refractivity contribution in [3.8, 4) is 0 Å². The number of rotatable bonds is 3. The molecule has 0 radical (unpaired) electrons. The summed E-state index contributed by atoms with van der Waals surface area (Å²) in [5.41, 5.74) is 0.850. The molecule has 1 fully saturated rings. The molecule has 4 heteroatoms. The van der Waals surface area contributed by atoms with E-state index >= 15 is 0 Å². The Bertz CT molecular complexity index is 510. The molecule has 0 aromatic heterocycles. The normalized spacial score (nSPS) is 25.9. The van der Waals surface area contributed by atoms with Crippen LogP contribution in [0.4, 0.5) is 4.79 Å². The van der Waals surface area contributed by atoms with Gasteiger partial charge in [-0.1, -0.05) is 30.3 Å². The Labute approximate surface area is 140 Å². The fraction of sp³-hybridized carbons (Fsp3) is 0.632. The van der Waals surface area contributed by atoms with Crippen LogP contribution < -0.4 is 5.32 Å². The third-order valence-corrected chi connectivity index (χ3v) is 4.48. The molecule has 1 aromatic carbocycles. The average molecular weight is 318 g/mol. The van der Waals surface area contributed by atoms with Gasteiger partial charge in [-0.2, -0.15) is 0 Å². The number of benzene rings is 1. The molecule has 2 rings (SSSR count). The van der Waals surface area contributed by atoms with E-state index in [0.29, 0.717) is 6.04 Å². The van der Waals surface area contributed by atoms with Crippen LogP contribution in [-0.2, 0) is 11.3 Å². The topological polar surface area (TPSA) is 41.6 Å². The molecule has 3 atom stereocenters. The summed E-state index contributed by atoms with van der Waals surface area (Å²) >= 11 is 0. The molecule has 0 spiro atoms. The van der Waals surface area contributed by atoms with Gasteiger partial charge in [-0.3, -0.25) is 4.90 Å². The maximum absolute atomic E-state index is 12.1. The lowest BCUT2D eigenvalue weighted by Crippen LogP contribution is -2.56. The molecule has 1 saturated heterocycles. The molecule has 0 aliphatic carbocycles. The molecule has 0 bridgehead atoms. The van der Waals surface area contributed by atoms with Crippen molar-refractivity contribution in [3.05, 3.63) is 35.9 Å². The van der Waals surface area contributed by atoms with Gasteiger partial charge in [-0.25, -0.2) is 4.79 Å². The predicted octanol–water partition coefficient (Wildman–Crippen LogP) is 3.95. The van der Waals surface area contributed by atoms with Crippen molar-refractivity contribution in [3.63, 3.8) is 0 Å². The molecule has 0 saturated carbocycles. The minimum absolute atomic E-state index is 0.129. The van der Waals surface area contributed by atoms with E-state index in [1.165, 1.54) is 5.56 Å². The summed E-state index contributed by atoms with van der Waals surface area (Å²) in [6.45, 7) is 11.0. The lowest BCUT2D eigenvalue weighted by atomic mass is 9.92. The molecule has 4 nitrogen and oxygen atoms in total. The van der Waals surface area contributed by atoms with Crippen molar-refractivity contribution in [2.45, 2.75) is 77.7 Å². The van der Waals surface area contributed by atoms with Crippen LogP contribution in [0.3, 0.4) is 0 Å². The summed E-state index contributed by atoms with van der Waals surface area (Å²) < 4.78 is 5.40. The highest BCUT2D eigenvalue weighted by Gasteiger charge is 2.34. The van der Waals surface area contributed by atoms with Crippen LogP contribution in [0.2, 0.25) is 0 Å². The van der Waals surface area contributed by atoms with Crippen LogP contribution >= 0.6 is 0 Å². The fourth-order valence-corrected chi connectivity index (χ4v) is 3.21. The first-order chi connectivity index (χ1) is 10.8. The van der Waals surface area contributed by atoms with E-state index in [-0.39, 0.29) is 18.2 Å². The molecule has 23 heavy (non-hydrogen) atoms.